The molecule has 0 bridgehead atoms. The predicted molar refractivity (Wildman–Crippen MR) is 80.7 cm³/mol. The van der Waals surface area contributed by atoms with E-state index < -0.39 is 6.10 Å². The van der Waals surface area contributed by atoms with Gasteiger partial charge in [0.1, 0.15) is 11.5 Å². The lowest BCUT2D eigenvalue weighted by atomic mass is 10.2. The quantitative estimate of drug-likeness (QED) is 0.796. The summed E-state index contributed by atoms with van der Waals surface area (Å²) in [6.45, 7) is 12.7. The fourth-order valence-corrected chi connectivity index (χ4v) is 2.04. The summed E-state index contributed by atoms with van der Waals surface area (Å²) >= 11 is 0. The van der Waals surface area contributed by atoms with E-state index in [0.717, 1.165) is 31.0 Å². The van der Waals surface area contributed by atoms with Crippen LogP contribution in [0.2, 0.25) is 0 Å². The Morgan fingerprint density at radius 2 is 2.05 bits per heavy atom. The Labute approximate surface area is 122 Å². The average Bonchev–Trinajstić information content (AvgIpc) is 2.71. The number of furan rings is 1. The summed E-state index contributed by atoms with van der Waals surface area (Å²) in [5.41, 5.74) is -0.214. The maximum absolute atomic E-state index is 10.1. The molecule has 0 spiro atoms. The molecule has 0 saturated carbocycles. The summed E-state index contributed by atoms with van der Waals surface area (Å²) < 4.78 is 11.2. The van der Waals surface area contributed by atoms with Crippen LogP contribution in [0.15, 0.2) is 16.5 Å². The Morgan fingerprint density at radius 1 is 1.35 bits per heavy atom. The molecule has 4 nitrogen and oxygen atoms in total. The summed E-state index contributed by atoms with van der Waals surface area (Å²) in [5.74, 6) is 1.87. The number of aliphatic hydroxyl groups excluding tert-OH is 1. The third-order valence-corrected chi connectivity index (χ3v) is 2.89. The normalized spacial score (nSPS) is 13.9. The number of aliphatic hydroxyl groups is 1. The lowest BCUT2D eigenvalue weighted by molar-refractivity contribution is -0.0569. The van der Waals surface area contributed by atoms with Gasteiger partial charge >= 0.3 is 0 Å². The molecule has 1 heterocycles. The van der Waals surface area contributed by atoms with Crippen LogP contribution < -0.4 is 0 Å². The van der Waals surface area contributed by atoms with Crippen molar-refractivity contribution in [1.29, 1.82) is 0 Å². The first-order chi connectivity index (χ1) is 9.30. The smallest absolute Gasteiger partial charge is 0.118 e. The molecule has 20 heavy (non-hydrogen) atoms. The summed E-state index contributed by atoms with van der Waals surface area (Å²) in [5, 5.41) is 10.1. The van der Waals surface area contributed by atoms with Gasteiger partial charge in [-0.3, -0.25) is 4.90 Å². The molecule has 0 saturated heterocycles. The van der Waals surface area contributed by atoms with Crippen LogP contribution in [0.1, 0.15) is 45.6 Å². The van der Waals surface area contributed by atoms with E-state index in [0.29, 0.717) is 13.2 Å². The highest BCUT2D eigenvalue weighted by Gasteiger charge is 2.17. The largest absolute Gasteiger partial charge is 0.465 e. The molecule has 0 aliphatic heterocycles. The molecule has 1 aromatic heterocycles. The molecule has 1 atom stereocenters. The van der Waals surface area contributed by atoms with Crippen molar-refractivity contribution in [2.45, 2.75) is 59.3 Å². The third-order valence-electron chi connectivity index (χ3n) is 2.89. The van der Waals surface area contributed by atoms with Crippen LogP contribution >= 0.6 is 0 Å². The second kappa shape index (κ2) is 7.81. The first kappa shape index (κ1) is 17.2. The number of nitrogens with zero attached hydrogens (tertiary/aromatic N) is 1. The number of rotatable bonds is 8. The molecule has 0 unspecified atom stereocenters. The first-order valence-electron chi connectivity index (χ1n) is 7.40. The van der Waals surface area contributed by atoms with E-state index in [1.807, 2.05) is 39.8 Å². The van der Waals surface area contributed by atoms with E-state index in [1.165, 1.54) is 0 Å². The van der Waals surface area contributed by atoms with Gasteiger partial charge in [0.2, 0.25) is 0 Å². The average molecular weight is 283 g/mol. The van der Waals surface area contributed by atoms with Gasteiger partial charge in [-0.1, -0.05) is 6.92 Å². The highest BCUT2D eigenvalue weighted by molar-refractivity contribution is 5.05. The molecule has 0 amide bonds. The Morgan fingerprint density at radius 3 is 2.55 bits per heavy atom. The zero-order chi connectivity index (χ0) is 15.2. The number of hydrogen-bond donors (Lipinski definition) is 1. The van der Waals surface area contributed by atoms with Crippen molar-refractivity contribution in [1.82, 2.24) is 4.90 Å². The molecule has 1 aromatic rings. The Hall–Kier alpha value is -0.840. The standard InChI is InChI=1S/C16H29NO3/c1-6-9-17(11-15-8-7-13(2)20-15)10-14(18)12-19-16(3,4)5/h7-8,14,18H,6,9-12H2,1-5H3/t14-/m0/s1. The lowest BCUT2D eigenvalue weighted by Gasteiger charge is -2.26. The predicted octanol–water partition coefficient (Wildman–Crippen LogP) is 2.98. The lowest BCUT2D eigenvalue weighted by Crippen LogP contribution is -2.37. The van der Waals surface area contributed by atoms with Gasteiger partial charge in [0.05, 0.1) is 24.9 Å². The van der Waals surface area contributed by atoms with E-state index in [9.17, 15) is 5.11 Å². The Bertz CT molecular complexity index is 381. The van der Waals surface area contributed by atoms with Crippen molar-refractivity contribution in [3.8, 4) is 0 Å². The monoisotopic (exact) mass is 283 g/mol. The molecular formula is C16H29NO3. The summed E-state index contributed by atoms with van der Waals surface area (Å²) in [6, 6.07) is 3.97. The van der Waals surface area contributed by atoms with Crippen molar-refractivity contribution in [3.63, 3.8) is 0 Å². The van der Waals surface area contributed by atoms with Crippen LogP contribution in [0.25, 0.3) is 0 Å². The highest BCUT2D eigenvalue weighted by Crippen LogP contribution is 2.12. The molecule has 0 aliphatic rings. The molecule has 0 radical (unpaired) electrons. The molecule has 0 aromatic carbocycles. The molecule has 0 aliphatic carbocycles. The van der Waals surface area contributed by atoms with Gasteiger partial charge in [-0.15, -0.1) is 0 Å². The molecule has 0 fully saturated rings. The Balaban J connectivity index is 2.45. The van der Waals surface area contributed by atoms with E-state index >= 15 is 0 Å². The van der Waals surface area contributed by atoms with Crippen LogP contribution in [0.5, 0.6) is 0 Å². The van der Waals surface area contributed by atoms with Crippen LogP contribution in [0, 0.1) is 6.92 Å². The number of ether oxygens (including phenoxy) is 1. The zero-order valence-electron chi connectivity index (χ0n) is 13.5. The van der Waals surface area contributed by atoms with Crippen molar-refractivity contribution >= 4 is 0 Å². The van der Waals surface area contributed by atoms with E-state index in [-0.39, 0.29) is 5.60 Å². The van der Waals surface area contributed by atoms with Crippen molar-refractivity contribution < 1.29 is 14.3 Å². The second-order valence-corrected chi connectivity index (χ2v) is 6.32. The van der Waals surface area contributed by atoms with Crippen LogP contribution in [0.3, 0.4) is 0 Å². The fourth-order valence-electron chi connectivity index (χ4n) is 2.04. The second-order valence-electron chi connectivity index (χ2n) is 6.32. The molecule has 4 heteroatoms. The molecule has 116 valence electrons. The SMILES string of the molecule is CCCN(Cc1ccc(C)o1)C[C@H](O)COC(C)(C)C. The van der Waals surface area contributed by atoms with E-state index in [2.05, 4.69) is 11.8 Å². The van der Waals surface area contributed by atoms with Gasteiger partial charge in [0, 0.05) is 6.54 Å². The summed E-state index contributed by atoms with van der Waals surface area (Å²) in [6.07, 6.45) is 0.573. The molecular weight excluding hydrogens is 254 g/mol. The molecule has 1 rings (SSSR count). The summed E-state index contributed by atoms with van der Waals surface area (Å²) in [4.78, 5) is 2.20. The van der Waals surface area contributed by atoms with Crippen molar-refractivity contribution in [2.24, 2.45) is 0 Å². The minimum absolute atomic E-state index is 0.214. The van der Waals surface area contributed by atoms with Gasteiger partial charge in [-0.25, -0.2) is 0 Å². The van der Waals surface area contributed by atoms with E-state index in [4.69, 9.17) is 9.15 Å². The maximum Gasteiger partial charge on any atom is 0.118 e. The van der Waals surface area contributed by atoms with Crippen molar-refractivity contribution in [2.75, 3.05) is 19.7 Å². The minimum atomic E-state index is -0.475. The van der Waals surface area contributed by atoms with Gasteiger partial charge in [-0.2, -0.15) is 0 Å². The van der Waals surface area contributed by atoms with E-state index in [1.54, 1.807) is 0 Å². The summed E-state index contributed by atoms with van der Waals surface area (Å²) in [7, 11) is 0. The van der Waals surface area contributed by atoms with Gasteiger partial charge in [0.15, 0.2) is 0 Å². The maximum atomic E-state index is 10.1. The van der Waals surface area contributed by atoms with Gasteiger partial charge in [0.25, 0.3) is 0 Å². The number of hydrogen-bond acceptors (Lipinski definition) is 4. The van der Waals surface area contributed by atoms with Gasteiger partial charge in [-0.05, 0) is 52.8 Å². The van der Waals surface area contributed by atoms with Crippen molar-refractivity contribution in [3.05, 3.63) is 23.7 Å². The van der Waals surface area contributed by atoms with Gasteiger partial charge < -0.3 is 14.3 Å². The zero-order valence-corrected chi connectivity index (χ0v) is 13.5. The number of aryl methyl sites for hydroxylation is 1. The first-order valence-corrected chi connectivity index (χ1v) is 7.40. The van der Waals surface area contributed by atoms with Crippen LogP contribution in [-0.2, 0) is 11.3 Å². The fraction of sp³-hybridized carbons (Fsp3) is 0.750. The third kappa shape index (κ3) is 7.08. The molecule has 1 N–H and O–H groups in total. The van der Waals surface area contributed by atoms with Crippen LogP contribution in [0.4, 0.5) is 0 Å². The minimum Gasteiger partial charge on any atom is -0.465 e. The Kier molecular flexibility index (Phi) is 6.72. The highest BCUT2D eigenvalue weighted by atomic mass is 16.5. The van der Waals surface area contributed by atoms with Crippen LogP contribution in [-0.4, -0.2) is 41.4 Å². The topological polar surface area (TPSA) is 45.8 Å².